The molecular weight excluding hydrogens is 306 g/mol. The highest BCUT2D eigenvalue weighted by molar-refractivity contribution is 5.97. The first kappa shape index (κ1) is 15.9. The molecule has 24 heavy (non-hydrogen) atoms. The Morgan fingerprint density at radius 3 is 2.50 bits per heavy atom. The Labute approximate surface area is 140 Å². The predicted octanol–water partition coefficient (Wildman–Crippen LogP) is 3.94. The van der Waals surface area contributed by atoms with Gasteiger partial charge in [0.2, 0.25) is 0 Å². The molecule has 2 aromatic carbocycles. The fraction of sp³-hybridized carbons (Fsp3) is 0.211. The first-order valence-electron chi connectivity index (χ1n) is 7.63. The van der Waals surface area contributed by atoms with Crippen LogP contribution in [0.2, 0.25) is 0 Å². The van der Waals surface area contributed by atoms with Gasteiger partial charge in [-0.1, -0.05) is 24.3 Å². The average molecular weight is 325 g/mol. The van der Waals surface area contributed by atoms with E-state index in [-0.39, 0.29) is 17.7 Å². The normalized spacial score (nSPS) is 12.0. The molecule has 0 bridgehead atoms. The molecule has 0 saturated carbocycles. The zero-order chi connectivity index (χ0) is 17.1. The van der Waals surface area contributed by atoms with Crippen molar-refractivity contribution in [3.63, 3.8) is 0 Å². The van der Waals surface area contributed by atoms with Gasteiger partial charge in [-0.15, -0.1) is 0 Å². The lowest BCUT2D eigenvalue weighted by molar-refractivity contribution is 0.0914. The second-order valence-corrected chi connectivity index (χ2v) is 5.46. The highest BCUT2D eigenvalue weighted by atomic mass is 16.5. The fourth-order valence-corrected chi connectivity index (χ4v) is 2.55. The van der Waals surface area contributed by atoms with Gasteiger partial charge in [-0.05, 0) is 36.8 Å². The lowest BCUT2D eigenvalue weighted by atomic mass is 10.1. The summed E-state index contributed by atoms with van der Waals surface area (Å²) < 4.78 is 16.1. The van der Waals surface area contributed by atoms with Crippen LogP contribution < -0.4 is 14.8 Å². The smallest absolute Gasteiger partial charge is 0.287 e. The minimum Gasteiger partial charge on any atom is -0.497 e. The number of benzene rings is 2. The number of furan rings is 1. The van der Waals surface area contributed by atoms with Crippen LogP contribution in [0.1, 0.15) is 29.1 Å². The molecule has 0 aliphatic heterocycles. The summed E-state index contributed by atoms with van der Waals surface area (Å²) in [5.74, 6) is 1.38. The summed E-state index contributed by atoms with van der Waals surface area (Å²) >= 11 is 0. The fourth-order valence-electron chi connectivity index (χ4n) is 2.55. The number of nitrogens with one attached hydrogen (secondary N) is 1. The van der Waals surface area contributed by atoms with Crippen LogP contribution in [0.25, 0.3) is 11.0 Å². The van der Waals surface area contributed by atoms with Gasteiger partial charge in [-0.3, -0.25) is 4.79 Å². The number of amides is 1. The molecule has 0 spiro atoms. The van der Waals surface area contributed by atoms with Crippen molar-refractivity contribution in [3.8, 4) is 11.5 Å². The quantitative estimate of drug-likeness (QED) is 0.772. The number of hydrogen-bond donors (Lipinski definition) is 1. The summed E-state index contributed by atoms with van der Waals surface area (Å²) in [6.07, 6.45) is 0. The third kappa shape index (κ3) is 3.06. The van der Waals surface area contributed by atoms with Crippen LogP contribution in [-0.4, -0.2) is 20.1 Å². The number of carbonyl (C=O) groups is 1. The Balaban J connectivity index is 1.78. The number of ether oxygens (including phenoxy) is 2. The molecule has 3 aromatic rings. The predicted molar refractivity (Wildman–Crippen MR) is 91.6 cm³/mol. The van der Waals surface area contributed by atoms with Crippen molar-refractivity contribution in [2.45, 2.75) is 13.0 Å². The van der Waals surface area contributed by atoms with E-state index in [1.54, 1.807) is 26.4 Å². The maximum atomic E-state index is 12.5. The Bertz CT molecular complexity index is 851. The van der Waals surface area contributed by atoms with Gasteiger partial charge in [-0.2, -0.15) is 0 Å². The van der Waals surface area contributed by atoms with E-state index in [2.05, 4.69) is 5.32 Å². The van der Waals surface area contributed by atoms with Crippen LogP contribution in [-0.2, 0) is 0 Å². The van der Waals surface area contributed by atoms with Crippen LogP contribution in [0.15, 0.2) is 52.9 Å². The van der Waals surface area contributed by atoms with Crippen molar-refractivity contribution < 1.29 is 18.7 Å². The van der Waals surface area contributed by atoms with E-state index in [1.165, 1.54) is 0 Å². The third-order valence-electron chi connectivity index (χ3n) is 3.92. The van der Waals surface area contributed by atoms with Crippen LogP contribution in [0.3, 0.4) is 0 Å². The molecule has 1 atom stereocenters. The maximum Gasteiger partial charge on any atom is 0.287 e. The van der Waals surface area contributed by atoms with Crippen molar-refractivity contribution in [1.29, 1.82) is 0 Å². The Morgan fingerprint density at radius 2 is 1.83 bits per heavy atom. The van der Waals surface area contributed by atoms with Crippen molar-refractivity contribution in [2.75, 3.05) is 14.2 Å². The number of methoxy groups -OCH3 is 2. The molecule has 3 rings (SSSR count). The third-order valence-corrected chi connectivity index (χ3v) is 3.92. The van der Waals surface area contributed by atoms with Crippen molar-refractivity contribution in [3.05, 3.63) is 59.9 Å². The summed E-state index contributed by atoms with van der Waals surface area (Å²) in [6.45, 7) is 1.92. The summed E-state index contributed by atoms with van der Waals surface area (Å²) in [5.41, 5.74) is 1.56. The van der Waals surface area contributed by atoms with Crippen molar-refractivity contribution in [2.24, 2.45) is 0 Å². The van der Waals surface area contributed by atoms with Gasteiger partial charge in [0.15, 0.2) is 17.1 Å². The molecule has 5 nitrogen and oxygen atoms in total. The van der Waals surface area contributed by atoms with E-state index in [4.69, 9.17) is 13.9 Å². The van der Waals surface area contributed by atoms with Crippen molar-refractivity contribution >= 4 is 16.9 Å². The molecule has 0 aliphatic rings. The van der Waals surface area contributed by atoms with E-state index in [0.717, 1.165) is 16.7 Å². The Hall–Kier alpha value is -2.95. The van der Waals surface area contributed by atoms with E-state index in [9.17, 15) is 4.79 Å². The van der Waals surface area contributed by atoms with Gasteiger partial charge in [0.05, 0.1) is 20.3 Å². The zero-order valence-electron chi connectivity index (χ0n) is 13.8. The Morgan fingerprint density at radius 1 is 1.08 bits per heavy atom. The lowest BCUT2D eigenvalue weighted by Crippen LogP contribution is -2.26. The summed E-state index contributed by atoms with van der Waals surface area (Å²) in [7, 11) is 3.19. The maximum absolute atomic E-state index is 12.5. The SMILES string of the molecule is COc1ccc(C(C)NC(=O)c2cc3cccc(OC)c3o2)cc1. The second-order valence-electron chi connectivity index (χ2n) is 5.46. The number of fused-ring (bicyclic) bond motifs is 1. The van der Waals surface area contributed by atoms with Gasteiger partial charge in [0, 0.05) is 5.39 Å². The molecular formula is C19H19NO4. The zero-order valence-corrected chi connectivity index (χ0v) is 13.8. The van der Waals surface area contributed by atoms with Crippen LogP contribution in [0, 0.1) is 0 Å². The first-order valence-corrected chi connectivity index (χ1v) is 7.63. The van der Waals surface area contributed by atoms with Gasteiger partial charge in [0.25, 0.3) is 5.91 Å². The molecule has 1 heterocycles. The van der Waals surface area contributed by atoms with E-state index < -0.39 is 0 Å². The van der Waals surface area contributed by atoms with Crippen LogP contribution >= 0.6 is 0 Å². The molecule has 0 aliphatic carbocycles. The van der Waals surface area contributed by atoms with Gasteiger partial charge < -0.3 is 19.2 Å². The average Bonchev–Trinajstić information content (AvgIpc) is 3.06. The highest BCUT2D eigenvalue weighted by Crippen LogP contribution is 2.28. The number of rotatable bonds is 5. The molecule has 5 heteroatoms. The molecule has 1 aromatic heterocycles. The number of carbonyl (C=O) groups excluding carboxylic acids is 1. The Kier molecular flexibility index (Phi) is 4.42. The van der Waals surface area contributed by atoms with Crippen molar-refractivity contribution in [1.82, 2.24) is 5.32 Å². The molecule has 0 fully saturated rings. The molecule has 124 valence electrons. The van der Waals surface area contributed by atoms with Gasteiger partial charge in [-0.25, -0.2) is 0 Å². The van der Waals surface area contributed by atoms with Crippen LogP contribution in [0.5, 0.6) is 11.5 Å². The minimum absolute atomic E-state index is 0.154. The summed E-state index contributed by atoms with van der Waals surface area (Å²) in [4.78, 5) is 12.5. The second kappa shape index (κ2) is 6.66. The number of para-hydroxylation sites is 1. The molecule has 0 radical (unpaired) electrons. The molecule has 0 saturated heterocycles. The summed E-state index contributed by atoms with van der Waals surface area (Å²) in [5, 5.41) is 3.76. The lowest BCUT2D eigenvalue weighted by Gasteiger charge is -2.13. The first-order chi connectivity index (χ1) is 11.6. The molecule has 1 N–H and O–H groups in total. The standard InChI is InChI=1S/C19H19NO4/c1-12(13-7-9-15(22-2)10-8-13)20-19(21)17-11-14-5-4-6-16(23-3)18(14)24-17/h4-12H,1-3H3,(H,20,21). The minimum atomic E-state index is -0.267. The van der Waals surface area contributed by atoms with Crippen LogP contribution in [0.4, 0.5) is 0 Å². The van der Waals surface area contributed by atoms with Gasteiger partial charge >= 0.3 is 0 Å². The topological polar surface area (TPSA) is 60.7 Å². The molecule has 1 unspecified atom stereocenters. The monoisotopic (exact) mass is 325 g/mol. The number of hydrogen-bond acceptors (Lipinski definition) is 4. The molecule has 1 amide bonds. The largest absolute Gasteiger partial charge is 0.497 e. The van der Waals surface area contributed by atoms with Gasteiger partial charge in [0.1, 0.15) is 5.75 Å². The van der Waals surface area contributed by atoms with E-state index in [1.807, 2.05) is 43.3 Å². The van der Waals surface area contributed by atoms with E-state index in [0.29, 0.717) is 11.3 Å². The van der Waals surface area contributed by atoms with E-state index >= 15 is 0 Å². The summed E-state index contributed by atoms with van der Waals surface area (Å²) in [6, 6.07) is 14.7. The highest BCUT2D eigenvalue weighted by Gasteiger charge is 2.17.